The Balaban J connectivity index is 2.11. The van der Waals surface area contributed by atoms with Gasteiger partial charge >= 0.3 is 0 Å². The second-order valence-electron chi connectivity index (χ2n) is 3.44. The van der Waals surface area contributed by atoms with E-state index in [9.17, 15) is 0 Å². The maximum Gasteiger partial charge on any atom is 0.0645 e. The number of rotatable bonds is 4. The van der Waals surface area contributed by atoms with Gasteiger partial charge in [0.15, 0.2) is 0 Å². The van der Waals surface area contributed by atoms with Gasteiger partial charge in [0, 0.05) is 19.0 Å². The van der Waals surface area contributed by atoms with Gasteiger partial charge in [-0.15, -0.1) is 0 Å². The molecule has 0 radical (unpaired) electrons. The smallest absolute Gasteiger partial charge is 0.0645 e. The molecule has 1 N–H and O–H groups in total. The van der Waals surface area contributed by atoms with Gasteiger partial charge in [-0.1, -0.05) is 12.1 Å². The van der Waals surface area contributed by atoms with Crippen LogP contribution in [0.25, 0.3) is 5.69 Å². The Morgan fingerprint density at radius 1 is 1.20 bits per heavy atom. The summed E-state index contributed by atoms with van der Waals surface area (Å²) in [5.41, 5.74) is 2.31. The Kier molecular flexibility index (Phi) is 3.15. The minimum Gasteiger partial charge on any atom is -0.396 e. The number of benzene rings is 1. The molecule has 0 spiro atoms. The van der Waals surface area contributed by atoms with Crippen molar-refractivity contribution in [2.24, 2.45) is 0 Å². The van der Waals surface area contributed by atoms with Gasteiger partial charge in [-0.25, -0.2) is 4.68 Å². The highest BCUT2D eigenvalue weighted by Crippen LogP contribution is 2.09. The summed E-state index contributed by atoms with van der Waals surface area (Å²) < 4.78 is 1.83. The summed E-state index contributed by atoms with van der Waals surface area (Å²) in [5, 5.41) is 12.9. The average Bonchev–Trinajstić information content (AvgIpc) is 2.80. The fourth-order valence-electron chi connectivity index (χ4n) is 1.52. The quantitative estimate of drug-likeness (QED) is 0.821. The van der Waals surface area contributed by atoms with Gasteiger partial charge in [-0.05, 0) is 36.6 Å². The summed E-state index contributed by atoms with van der Waals surface area (Å²) in [6, 6.07) is 10.1. The van der Waals surface area contributed by atoms with Crippen LogP contribution in [-0.2, 0) is 6.42 Å². The average molecular weight is 202 g/mol. The first-order valence-electron chi connectivity index (χ1n) is 5.10. The Labute approximate surface area is 89.0 Å². The zero-order valence-electron chi connectivity index (χ0n) is 8.50. The van der Waals surface area contributed by atoms with E-state index >= 15 is 0 Å². The fraction of sp³-hybridized carbons (Fsp3) is 0.250. The van der Waals surface area contributed by atoms with Crippen molar-refractivity contribution in [1.82, 2.24) is 9.78 Å². The standard InChI is InChI=1S/C12H14N2O/c15-10-1-3-11-4-6-12(7-5-11)14-9-2-8-13-14/h2,4-9,15H,1,3,10H2. The molecule has 3 heteroatoms. The molecule has 0 aliphatic rings. The van der Waals surface area contributed by atoms with Crippen LogP contribution < -0.4 is 0 Å². The van der Waals surface area contributed by atoms with Crippen LogP contribution in [0.4, 0.5) is 0 Å². The van der Waals surface area contributed by atoms with E-state index < -0.39 is 0 Å². The Hall–Kier alpha value is -1.61. The van der Waals surface area contributed by atoms with Crippen molar-refractivity contribution in [1.29, 1.82) is 0 Å². The highest BCUT2D eigenvalue weighted by Gasteiger charge is 1.96. The van der Waals surface area contributed by atoms with Gasteiger partial charge in [0.05, 0.1) is 5.69 Å². The monoisotopic (exact) mass is 202 g/mol. The molecule has 0 unspecified atom stereocenters. The number of aryl methyl sites for hydroxylation is 1. The van der Waals surface area contributed by atoms with Gasteiger partial charge in [-0.2, -0.15) is 5.10 Å². The van der Waals surface area contributed by atoms with E-state index in [1.165, 1.54) is 5.56 Å². The molecule has 0 fully saturated rings. The van der Waals surface area contributed by atoms with Crippen molar-refractivity contribution in [3.63, 3.8) is 0 Å². The van der Waals surface area contributed by atoms with Crippen molar-refractivity contribution in [2.45, 2.75) is 12.8 Å². The first-order valence-corrected chi connectivity index (χ1v) is 5.10. The highest BCUT2D eigenvalue weighted by molar-refractivity contribution is 5.33. The fourth-order valence-corrected chi connectivity index (χ4v) is 1.52. The van der Waals surface area contributed by atoms with Crippen molar-refractivity contribution < 1.29 is 5.11 Å². The van der Waals surface area contributed by atoms with Crippen LogP contribution in [0.1, 0.15) is 12.0 Å². The Bertz CT molecular complexity index is 392. The first-order chi connectivity index (χ1) is 7.40. The number of nitrogens with zero attached hydrogens (tertiary/aromatic N) is 2. The van der Waals surface area contributed by atoms with Gasteiger partial charge in [0.2, 0.25) is 0 Å². The highest BCUT2D eigenvalue weighted by atomic mass is 16.2. The van der Waals surface area contributed by atoms with E-state index in [-0.39, 0.29) is 6.61 Å². The summed E-state index contributed by atoms with van der Waals surface area (Å²) in [7, 11) is 0. The number of aliphatic hydroxyl groups is 1. The zero-order valence-corrected chi connectivity index (χ0v) is 8.50. The maximum atomic E-state index is 8.72. The van der Waals surface area contributed by atoms with Gasteiger partial charge in [0.1, 0.15) is 0 Å². The Morgan fingerprint density at radius 3 is 2.60 bits per heavy atom. The van der Waals surface area contributed by atoms with E-state index in [1.54, 1.807) is 6.20 Å². The topological polar surface area (TPSA) is 38.0 Å². The van der Waals surface area contributed by atoms with E-state index in [1.807, 2.05) is 29.1 Å². The SMILES string of the molecule is OCCCc1ccc(-n2cccn2)cc1. The third-order valence-corrected chi connectivity index (χ3v) is 2.33. The third kappa shape index (κ3) is 2.44. The predicted octanol–water partition coefficient (Wildman–Crippen LogP) is 1.80. The minimum absolute atomic E-state index is 0.251. The number of hydrogen-bond donors (Lipinski definition) is 1. The molecule has 2 rings (SSSR count). The van der Waals surface area contributed by atoms with Gasteiger partial charge in [0.25, 0.3) is 0 Å². The lowest BCUT2D eigenvalue weighted by Gasteiger charge is -2.03. The lowest BCUT2D eigenvalue weighted by Crippen LogP contribution is -1.95. The molecule has 0 aliphatic carbocycles. The molecule has 78 valence electrons. The van der Waals surface area contributed by atoms with Crippen LogP contribution in [0.15, 0.2) is 42.7 Å². The molecule has 0 saturated carbocycles. The van der Waals surface area contributed by atoms with Crippen LogP contribution in [0, 0.1) is 0 Å². The molecule has 0 saturated heterocycles. The molecule has 1 heterocycles. The third-order valence-electron chi connectivity index (χ3n) is 2.33. The molecule has 2 aromatic rings. The molecule has 0 bridgehead atoms. The predicted molar refractivity (Wildman–Crippen MR) is 59.0 cm³/mol. The van der Waals surface area contributed by atoms with Crippen LogP contribution in [0.5, 0.6) is 0 Å². The summed E-state index contributed by atoms with van der Waals surface area (Å²) in [6.07, 6.45) is 5.43. The second-order valence-corrected chi connectivity index (χ2v) is 3.44. The molecular formula is C12H14N2O. The van der Waals surface area contributed by atoms with Crippen LogP contribution >= 0.6 is 0 Å². The summed E-state index contributed by atoms with van der Waals surface area (Å²) in [4.78, 5) is 0. The van der Waals surface area contributed by atoms with E-state index in [0.717, 1.165) is 18.5 Å². The normalized spacial score (nSPS) is 10.5. The maximum absolute atomic E-state index is 8.72. The minimum atomic E-state index is 0.251. The number of aromatic nitrogens is 2. The van der Waals surface area contributed by atoms with E-state index in [0.29, 0.717) is 0 Å². The summed E-state index contributed by atoms with van der Waals surface area (Å²) >= 11 is 0. The molecular weight excluding hydrogens is 188 g/mol. The van der Waals surface area contributed by atoms with E-state index in [2.05, 4.69) is 17.2 Å². The molecule has 3 nitrogen and oxygen atoms in total. The van der Waals surface area contributed by atoms with Crippen LogP contribution in [0.2, 0.25) is 0 Å². The second kappa shape index (κ2) is 4.75. The first kappa shape index (κ1) is 9.93. The molecule has 1 aromatic carbocycles. The van der Waals surface area contributed by atoms with Gasteiger partial charge < -0.3 is 5.11 Å². The molecule has 0 aliphatic heterocycles. The molecule has 1 aromatic heterocycles. The van der Waals surface area contributed by atoms with Crippen LogP contribution in [-0.4, -0.2) is 21.5 Å². The largest absolute Gasteiger partial charge is 0.396 e. The van der Waals surface area contributed by atoms with E-state index in [4.69, 9.17) is 5.11 Å². The van der Waals surface area contributed by atoms with Crippen molar-refractivity contribution in [3.8, 4) is 5.69 Å². The Morgan fingerprint density at radius 2 is 2.00 bits per heavy atom. The van der Waals surface area contributed by atoms with Crippen LogP contribution in [0.3, 0.4) is 0 Å². The number of hydrogen-bond acceptors (Lipinski definition) is 2. The molecule has 0 atom stereocenters. The zero-order chi connectivity index (χ0) is 10.5. The molecule has 15 heavy (non-hydrogen) atoms. The summed E-state index contributed by atoms with van der Waals surface area (Å²) in [6.45, 7) is 0.251. The lowest BCUT2D eigenvalue weighted by atomic mass is 10.1. The number of aliphatic hydroxyl groups excluding tert-OH is 1. The lowest BCUT2D eigenvalue weighted by molar-refractivity contribution is 0.288. The van der Waals surface area contributed by atoms with Crippen molar-refractivity contribution in [3.05, 3.63) is 48.3 Å². The molecule has 0 amide bonds. The van der Waals surface area contributed by atoms with Crippen molar-refractivity contribution in [2.75, 3.05) is 6.61 Å². The van der Waals surface area contributed by atoms with Gasteiger partial charge in [-0.3, -0.25) is 0 Å². The summed E-state index contributed by atoms with van der Waals surface area (Å²) in [5.74, 6) is 0. The van der Waals surface area contributed by atoms with Crippen molar-refractivity contribution >= 4 is 0 Å².